The quantitative estimate of drug-likeness (QED) is 0.635. The van der Waals surface area contributed by atoms with Crippen LogP contribution in [0.2, 0.25) is 0 Å². The van der Waals surface area contributed by atoms with Crippen LogP contribution < -0.4 is 4.80 Å². The normalized spacial score (nSPS) is 15.5. The van der Waals surface area contributed by atoms with Gasteiger partial charge in [0.2, 0.25) is 5.91 Å². The van der Waals surface area contributed by atoms with Crippen LogP contribution in [0.3, 0.4) is 0 Å². The molecule has 2 aromatic rings. The van der Waals surface area contributed by atoms with E-state index in [9.17, 15) is 18.0 Å². The first kappa shape index (κ1) is 20.3. The smallest absolute Gasteiger partial charge is 0.263 e. The van der Waals surface area contributed by atoms with Crippen LogP contribution >= 0.6 is 11.3 Å². The highest BCUT2D eigenvalue weighted by Crippen LogP contribution is 2.16. The summed E-state index contributed by atoms with van der Waals surface area (Å²) in [6, 6.07) is 7.42. The Kier molecular flexibility index (Phi) is 6.28. The van der Waals surface area contributed by atoms with Gasteiger partial charge in [0.1, 0.15) is 11.5 Å². The number of aromatic nitrogens is 1. The molecule has 8 nitrogen and oxygen atoms in total. The van der Waals surface area contributed by atoms with E-state index in [1.807, 2.05) is 24.3 Å². The molecule has 0 unspecified atom stereocenters. The number of hydrogen-bond acceptors (Lipinski definition) is 6. The number of benzene rings is 1. The summed E-state index contributed by atoms with van der Waals surface area (Å²) in [5, 5.41) is 0. The number of ether oxygens (including phenoxy) is 1. The third-order valence-corrected chi connectivity index (χ3v) is 6.54. The molecule has 1 saturated heterocycles. The van der Waals surface area contributed by atoms with E-state index >= 15 is 0 Å². The molecule has 0 spiro atoms. The van der Waals surface area contributed by atoms with Gasteiger partial charge in [0, 0.05) is 13.1 Å². The number of fused-ring (bicyclic) bond motifs is 1. The zero-order valence-corrected chi connectivity index (χ0v) is 16.7. The van der Waals surface area contributed by atoms with Crippen LogP contribution in [0.5, 0.6) is 0 Å². The van der Waals surface area contributed by atoms with Crippen LogP contribution in [0.25, 0.3) is 10.2 Å². The second kappa shape index (κ2) is 8.68. The molecular formula is C18H19N3O5S2. The number of amides is 2. The van der Waals surface area contributed by atoms with Crippen molar-refractivity contribution < 1.29 is 22.7 Å². The highest BCUT2D eigenvalue weighted by molar-refractivity contribution is 7.92. The summed E-state index contributed by atoms with van der Waals surface area (Å²) in [6.07, 6.45) is 5.40. The van der Waals surface area contributed by atoms with Crippen LogP contribution in [0, 0.1) is 12.3 Å². The lowest BCUT2D eigenvalue weighted by atomic mass is 10.3. The molecule has 148 valence electrons. The maximum absolute atomic E-state index is 12.3. The van der Waals surface area contributed by atoms with Gasteiger partial charge >= 0.3 is 0 Å². The van der Waals surface area contributed by atoms with Gasteiger partial charge in [-0.25, -0.2) is 8.42 Å². The fourth-order valence-electron chi connectivity index (χ4n) is 2.82. The lowest BCUT2D eigenvalue weighted by molar-refractivity contribution is -0.132. The van der Waals surface area contributed by atoms with Gasteiger partial charge in [-0.1, -0.05) is 29.4 Å². The molecule has 0 radical (unpaired) electrons. The maximum atomic E-state index is 12.3. The standard InChI is InChI=1S/C18H19N3O5S2/c1-2-7-21-14-5-3-4-6-15(14)27-18(21)19-16(22)12-28(24,25)13-17(23)20-8-10-26-11-9-20/h1,3-6H,7-13H2. The molecule has 28 heavy (non-hydrogen) atoms. The van der Waals surface area contributed by atoms with Crippen LogP contribution in [-0.2, 0) is 30.7 Å². The second-order valence-electron chi connectivity index (χ2n) is 6.17. The fraction of sp³-hybridized carbons (Fsp3) is 0.389. The van der Waals surface area contributed by atoms with Crippen molar-refractivity contribution in [2.75, 3.05) is 37.8 Å². The van der Waals surface area contributed by atoms with E-state index in [1.54, 1.807) is 4.57 Å². The largest absolute Gasteiger partial charge is 0.378 e. The molecule has 3 rings (SSSR count). The monoisotopic (exact) mass is 421 g/mol. The number of para-hydroxylation sites is 1. The van der Waals surface area contributed by atoms with E-state index in [-0.39, 0.29) is 6.54 Å². The summed E-state index contributed by atoms with van der Waals surface area (Å²) in [5.74, 6) is -0.391. The lowest BCUT2D eigenvalue weighted by Gasteiger charge is -2.26. The Labute approximate surface area is 166 Å². The minimum Gasteiger partial charge on any atom is -0.378 e. The average molecular weight is 422 g/mol. The Hall–Kier alpha value is -2.48. The Morgan fingerprint density at radius 2 is 1.93 bits per heavy atom. The molecular weight excluding hydrogens is 402 g/mol. The number of terminal acetylenes is 1. The first-order valence-corrected chi connectivity index (χ1v) is 11.2. The van der Waals surface area contributed by atoms with E-state index < -0.39 is 33.2 Å². The molecule has 0 atom stereocenters. The molecule has 0 saturated carbocycles. The van der Waals surface area contributed by atoms with Crippen molar-refractivity contribution in [3.8, 4) is 12.3 Å². The minimum atomic E-state index is -3.92. The summed E-state index contributed by atoms with van der Waals surface area (Å²) in [4.78, 5) is 30.1. The van der Waals surface area contributed by atoms with Gasteiger partial charge in [-0.3, -0.25) is 9.59 Å². The van der Waals surface area contributed by atoms with E-state index in [4.69, 9.17) is 11.2 Å². The van der Waals surface area contributed by atoms with Crippen molar-refractivity contribution >= 4 is 43.2 Å². The Balaban J connectivity index is 1.77. The van der Waals surface area contributed by atoms with Crippen LogP contribution in [0.15, 0.2) is 29.3 Å². The van der Waals surface area contributed by atoms with Gasteiger partial charge in [0.15, 0.2) is 14.6 Å². The number of carbonyl (C=O) groups is 2. The van der Waals surface area contributed by atoms with Gasteiger partial charge in [0.05, 0.1) is 30.0 Å². The molecule has 0 N–H and O–H groups in total. The minimum absolute atomic E-state index is 0.207. The SMILES string of the molecule is C#CCn1c(=NC(=O)CS(=O)(=O)CC(=O)N2CCOCC2)sc2ccccc21. The third kappa shape index (κ3) is 4.86. The van der Waals surface area contributed by atoms with Crippen molar-refractivity contribution in [1.82, 2.24) is 9.47 Å². The molecule has 0 aliphatic carbocycles. The van der Waals surface area contributed by atoms with E-state index in [0.717, 1.165) is 10.2 Å². The predicted molar refractivity (Wildman–Crippen MR) is 105 cm³/mol. The van der Waals surface area contributed by atoms with E-state index in [0.29, 0.717) is 31.1 Å². The van der Waals surface area contributed by atoms with Crippen molar-refractivity contribution in [3.05, 3.63) is 29.1 Å². The fourth-order valence-corrected chi connectivity index (χ4v) is 4.97. The molecule has 1 aliphatic rings. The number of thiazole rings is 1. The topological polar surface area (TPSA) is 98.0 Å². The zero-order valence-electron chi connectivity index (χ0n) is 15.0. The van der Waals surface area contributed by atoms with E-state index in [1.165, 1.54) is 16.2 Å². The molecule has 1 aromatic carbocycles. The van der Waals surface area contributed by atoms with Gasteiger partial charge in [-0.15, -0.1) is 6.42 Å². The van der Waals surface area contributed by atoms with E-state index in [2.05, 4.69) is 10.9 Å². The number of sulfone groups is 1. The average Bonchev–Trinajstić information content (AvgIpc) is 2.99. The Morgan fingerprint density at radius 1 is 1.21 bits per heavy atom. The number of carbonyl (C=O) groups excluding carboxylic acids is 2. The predicted octanol–water partition coefficient (Wildman–Crippen LogP) is 0.0369. The molecule has 10 heteroatoms. The first-order chi connectivity index (χ1) is 13.4. The highest BCUT2D eigenvalue weighted by Gasteiger charge is 2.25. The summed E-state index contributed by atoms with van der Waals surface area (Å²) in [5.41, 5.74) is 0.822. The summed E-state index contributed by atoms with van der Waals surface area (Å²) < 4.78 is 32.3. The Bertz CT molecular complexity index is 1100. The van der Waals surface area contributed by atoms with Crippen molar-refractivity contribution in [2.45, 2.75) is 6.54 Å². The Morgan fingerprint density at radius 3 is 2.64 bits per heavy atom. The molecule has 2 amide bonds. The number of hydrogen-bond donors (Lipinski definition) is 0. The van der Waals surface area contributed by atoms with Crippen LogP contribution in [0.4, 0.5) is 0 Å². The third-order valence-electron chi connectivity index (χ3n) is 4.11. The first-order valence-electron chi connectivity index (χ1n) is 8.55. The lowest BCUT2D eigenvalue weighted by Crippen LogP contribution is -2.43. The van der Waals surface area contributed by atoms with Crippen LogP contribution in [-0.4, -0.2) is 67.5 Å². The van der Waals surface area contributed by atoms with Crippen molar-refractivity contribution in [2.24, 2.45) is 4.99 Å². The van der Waals surface area contributed by atoms with Crippen molar-refractivity contribution in [1.29, 1.82) is 0 Å². The van der Waals surface area contributed by atoms with Gasteiger partial charge in [-0.2, -0.15) is 4.99 Å². The summed E-state index contributed by atoms with van der Waals surface area (Å²) in [7, 11) is -3.92. The van der Waals surface area contributed by atoms with Crippen LogP contribution in [0.1, 0.15) is 0 Å². The molecule has 1 aliphatic heterocycles. The van der Waals surface area contributed by atoms with Gasteiger partial charge < -0.3 is 14.2 Å². The maximum Gasteiger partial charge on any atom is 0.263 e. The number of nitrogens with zero attached hydrogens (tertiary/aromatic N) is 3. The summed E-state index contributed by atoms with van der Waals surface area (Å²) in [6.45, 7) is 1.65. The molecule has 1 aromatic heterocycles. The molecule has 1 fully saturated rings. The highest BCUT2D eigenvalue weighted by atomic mass is 32.2. The van der Waals surface area contributed by atoms with Gasteiger partial charge in [-0.05, 0) is 12.1 Å². The number of morpholine rings is 1. The second-order valence-corrected chi connectivity index (χ2v) is 9.25. The molecule has 2 heterocycles. The van der Waals surface area contributed by atoms with Crippen molar-refractivity contribution in [3.63, 3.8) is 0 Å². The number of rotatable bonds is 5. The summed E-state index contributed by atoms with van der Waals surface area (Å²) >= 11 is 1.25. The zero-order chi connectivity index (χ0) is 20.1. The van der Waals surface area contributed by atoms with Gasteiger partial charge in [0.25, 0.3) is 5.91 Å². The molecule has 0 bridgehead atoms.